The van der Waals surface area contributed by atoms with Gasteiger partial charge in [0.2, 0.25) is 11.8 Å². The number of carbonyl (C=O) groups is 3. The van der Waals surface area contributed by atoms with Gasteiger partial charge in [0, 0.05) is 12.1 Å². The van der Waals surface area contributed by atoms with Gasteiger partial charge in [-0.3, -0.25) is 24.7 Å². The van der Waals surface area contributed by atoms with Crippen LogP contribution in [0, 0.1) is 22.0 Å². The van der Waals surface area contributed by atoms with Crippen molar-refractivity contribution in [3.63, 3.8) is 0 Å². The van der Waals surface area contributed by atoms with Crippen LogP contribution in [0.1, 0.15) is 37.9 Å². The number of amides is 2. The fourth-order valence-corrected chi connectivity index (χ4v) is 4.98. The monoisotopic (exact) mass is 462 g/mol. The van der Waals surface area contributed by atoms with Crippen molar-refractivity contribution >= 4 is 35.4 Å². The van der Waals surface area contributed by atoms with Gasteiger partial charge < -0.3 is 4.74 Å². The van der Waals surface area contributed by atoms with Crippen LogP contribution in [-0.2, 0) is 19.1 Å². The molecule has 34 heavy (non-hydrogen) atoms. The lowest BCUT2D eigenvalue weighted by Crippen LogP contribution is -2.46. The number of esters is 1. The predicted molar refractivity (Wildman–Crippen MR) is 121 cm³/mol. The molecule has 4 atom stereocenters. The van der Waals surface area contributed by atoms with Crippen LogP contribution in [0.2, 0.25) is 0 Å². The third-order valence-electron chi connectivity index (χ3n) is 6.26. The topological polar surface area (TPSA) is 122 Å². The molecule has 0 N–H and O–H groups in total. The summed E-state index contributed by atoms with van der Waals surface area (Å²) in [4.78, 5) is 52.1. The molecule has 1 unspecified atom stereocenters. The van der Waals surface area contributed by atoms with E-state index in [2.05, 4.69) is 5.10 Å². The summed E-state index contributed by atoms with van der Waals surface area (Å²) < 4.78 is 5.62. The molecule has 0 spiro atoms. The zero-order valence-electron chi connectivity index (χ0n) is 18.7. The van der Waals surface area contributed by atoms with E-state index in [-0.39, 0.29) is 11.4 Å². The molecule has 0 radical (unpaired) electrons. The van der Waals surface area contributed by atoms with Crippen LogP contribution in [0.4, 0.5) is 11.4 Å². The third kappa shape index (κ3) is 3.25. The number of benzene rings is 2. The Labute approximate surface area is 194 Å². The highest BCUT2D eigenvalue weighted by Gasteiger charge is 2.66. The summed E-state index contributed by atoms with van der Waals surface area (Å²) in [6, 6.07) is 10.9. The van der Waals surface area contributed by atoms with E-state index in [1.165, 1.54) is 29.3 Å². The first-order valence-electron chi connectivity index (χ1n) is 10.8. The first-order valence-corrected chi connectivity index (χ1v) is 10.8. The molecule has 5 rings (SSSR count). The Morgan fingerprint density at radius 2 is 1.68 bits per heavy atom. The summed E-state index contributed by atoms with van der Waals surface area (Å²) in [6.07, 6.45) is 1.62. The van der Waals surface area contributed by atoms with Crippen LogP contribution < -0.4 is 4.90 Å². The summed E-state index contributed by atoms with van der Waals surface area (Å²) >= 11 is 0. The molecule has 2 amide bonds. The normalized spacial score (nSPS) is 25.1. The average Bonchev–Trinajstić information content (AvgIpc) is 3.25. The number of anilines is 1. The lowest BCUT2D eigenvalue weighted by atomic mass is 9.85. The van der Waals surface area contributed by atoms with Crippen LogP contribution in [-0.4, -0.2) is 45.6 Å². The van der Waals surface area contributed by atoms with Crippen molar-refractivity contribution in [2.24, 2.45) is 16.9 Å². The van der Waals surface area contributed by atoms with Gasteiger partial charge in [0.05, 0.1) is 34.7 Å². The summed E-state index contributed by atoms with van der Waals surface area (Å²) in [6.45, 7) is 5.19. The molecule has 174 valence electrons. The van der Waals surface area contributed by atoms with Crippen LogP contribution >= 0.6 is 0 Å². The fourth-order valence-electron chi connectivity index (χ4n) is 4.98. The van der Waals surface area contributed by atoms with Gasteiger partial charge >= 0.3 is 5.97 Å². The number of nitro groups is 1. The maximum Gasteiger partial charge on any atom is 0.331 e. The molecule has 2 saturated heterocycles. The molecule has 10 heteroatoms. The number of carbonyl (C=O) groups excluding carboxylic acids is 3. The highest BCUT2D eigenvalue weighted by atomic mass is 16.6. The number of nitro benzene ring substituents is 1. The number of ether oxygens (including phenoxy) is 1. The van der Waals surface area contributed by atoms with E-state index in [1.807, 2.05) is 24.3 Å². The van der Waals surface area contributed by atoms with Crippen molar-refractivity contribution in [1.29, 1.82) is 0 Å². The van der Waals surface area contributed by atoms with E-state index in [0.29, 0.717) is 0 Å². The van der Waals surface area contributed by atoms with Gasteiger partial charge in [-0.25, -0.2) is 9.69 Å². The van der Waals surface area contributed by atoms with E-state index < -0.39 is 52.2 Å². The SMILES string of the molecule is CC(C)(C)OC(=O)[C@H]1[C@H]2C(=O)N(c3ccc([N+](=O)[O-])cc3)C(=O)[C@H]2C2c3ccccc3C=NN21. The number of fused-ring (bicyclic) bond motifs is 5. The van der Waals surface area contributed by atoms with Crippen molar-refractivity contribution in [3.05, 3.63) is 69.8 Å². The molecule has 2 fully saturated rings. The Morgan fingerprint density at radius 1 is 1.03 bits per heavy atom. The minimum Gasteiger partial charge on any atom is -0.458 e. The second kappa shape index (κ2) is 7.47. The van der Waals surface area contributed by atoms with Gasteiger partial charge in [-0.15, -0.1) is 0 Å². The molecule has 3 aliphatic heterocycles. The van der Waals surface area contributed by atoms with Gasteiger partial charge in [-0.2, -0.15) is 5.10 Å². The molecule has 0 aromatic heterocycles. The van der Waals surface area contributed by atoms with E-state index in [9.17, 15) is 24.5 Å². The third-order valence-corrected chi connectivity index (χ3v) is 6.26. The number of rotatable bonds is 3. The molecular weight excluding hydrogens is 440 g/mol. The highest BCUT2D eigenvalue weighted by Crippen LogP contribution is 2.52. The minimum absolute atomic E-state index is 0.156. The van der Waals surface area contributed by atoms with Gasteiger partial charge in [-0.1, -0.05) is 24.3 Å². The number of nitrogens with zero attached hydrogens (tertiary/aromatic N) is 4. The van der Waals surface area contributed by atoms with E-state index >= 15 is 0 Å². The lowest BCUT2D eigenvalue weighted by molar-refractivity contribution is -0.384. The lowest BCUT2D eigenvalue weighted by Gasteiger charge is -2.34. The Hall–Kier alpha value is -4.08. The average molecular weight is 462 g/mol. The smallest absolute Gasteiger partial charge is 0.331 e. The molecule has 0 aliphatic carbocycles. The molecular formula is C24H22N4O6. The molecule has 3 aliphatic rings. The molecule has 10 nitrogen and oxygen atoms in total. The summed E-state index contributed by atoms with van der Waals surface area (Å²) in [5.74, 6) is -3.53. The number of non-ortho nitro benzene ring substituents is 1. The van der Waals surface area contributed by atoms with Crippen LogP contribution in [0.3, 0.4) is 0 Å². The minimum atomic E-state index is -1.08. The zero-order valence-corrected chi connectivity index (χ0v) is 18.7. The standard InChI is InChI=1S/C24H22N4O6/c1-24(2,3)34-23(31)20-18-17(19-16-7-5-4-6-13(16)12-25-27(19)20)21(29)26(22(18)30)14-8-10-15(11-9-14)28(32)33/h4-12,17-20H,1-3H3/t17-,18+,19?,20-/m1/s1. The van der Waals surface area contributed by atoms with Crippen LogP contribution in [0.25, 0.3) is 0 Å². The fraction of sp³-hybridized carbons (Fsp3) is 0.333. The van der Waals surface area contributed by atoms with Gasteiger partial charge in [0.15, 0.2) is 6.04 Å². The van der Waals surface area contributed by atoms with Crippen molar-refractivity contribution in [1.82, 2.24) is 5.01 Å². The van der Waals surface area contributed by atoms with E-state index in [0.717, 1.165) is 16.0 Å². The van der Waals surface area contributed by atoms with E-state index in [1.54, 1.807) is 27.0 Å². The van der Waals surface area contributed by atoms with Crippen molar-refractivity contribution in [2.75, 3.05) is 4.90 Å². The largest absolute Gasteiger partial charge is 0.458 e. The number of hydrogen-bond donors (Lipinski definition) is 0. The van der Waals surface area contributed by atoms with Crippen LogP contribution in [0.5, 0.6) is 0 Å². The molecule has 2 aromatic rings. The summed E-state index contributed by atoms with van der Waals surface area (Å²) in [5, 5.41) is 17.0. The second-order valence-electron chi connectivity index (χ2n) is 9.51. The summed E-state index contributed by atoms with van der Waals surface area (Å²) in [7, 11) is 0. The molecule has 2 aromatic carbocycles. The molecule has 0 bridgehead atoms. The van der Waals surface area contributed by atoms with Crippen molar-refractivity contribution < 1.29 is 24.0 Å². The van der Waals surface area contributed by atoms with Gasteiger partial charge in [0.1, 0.15) is 5.60 Å². The Morgan fingerprint density at radius 3 is 2.32 bits per heavy atom. The number of hydrogen-bond acceptors (Lipinski definition) is 8. The van der Waals surface area contributed by atoms with E-state index in [4.69, 9.17) is 4.74 Å². The zero-order chi connectivity index (χ0) is 24.4. The second-order valence-corrected chi connectivity index (χ2v) is 9.51. The Balaban J connectivity index is 1.60. The first kappa shape index (κ1) is 21.7. The highest BCUT2D eigenvalue weighted by molar-refractivity contribution is 6.24. The maximum atomic E-state index is 13.7. The van der Waals surface area contributed by atoms with Crippen molar-refractivity contribution in [2.45, 2.75) is 38.5 Å². The maximum absolute atomic E-state index is 13.7. The number of hydrazone groups is 1. The Kier molecular flexibility index (Phi) is 4.78. The first-order chi connectivity index (χ1) is 16.1. The number of imide groups is 1. The molecule has 0 saturated carbocycles. The van der Waals surface area contributed by atoms with Crippen LogP contribution in [0.15, 0.2) is 53.6 Å². The Bertz CT molecular complexity index is 1250. The van der Waals surface area contributed by atoms with Crippen molar-refractivity contribution in [3.8, 4) is 0 Å². The van der Waals surface area contributed by atoms with Gasteiger partial charge in [-0.05, 0) is 44.0 Å². The predicted octanol–water partition coefficient (Wildman–Crippen LogP) is 2.82. The van der Waals surface area contributed by atoms with Gasteiger partial charge in [0.25, 0.3) is 5.69 Å². The summed E-state index contributed by atoms with van der Waals surface area (Å²) in [5.41, 5.74) is 0.867. The molecule has 3 heterocycles. The quantitative estimate of drug-likeness (QED) is 0.297.